The van der Waals surface area contributed by atoms with Gasteiger partial charge in [0, 0.05) is 68.2 Å². The average molecular weight is 1300 g/mol. The second-order valence-electron chi connectivity index (χ2n) is 33.0. The number of benzene rings is 10. The molecule has 0 saturated carbocycles. The number of para-hydroxylation sites is 3. The molecule has 10 aromatic rings. The van der Waals surface area contributed by atoms with Crippen molar-refractivity contribution >= 4 is 114 Å². The predicted molar refractivity (Wildman–Crippen MR) is 433 cm³/mol. The molecule has 0 aromatic heterocycles. The molecule has 504 valence electrons. The molecule has 0 saturated heterocycles. The largest absolute Gasteiger partial charge is 0.311 e. The molecule has 0 atom stereocenters. The second-order valence-corrected chi connectivity index (χ2v) is 33.0. The highest BCUT2D eigenvalue weighted by atomic mass is 15.2. The van der Waals surface area contributed by atoms with Crippen LogP contribution < -0.4 is 52.4 Å². The maximum absolute atomic E-state index is 2.63. The van der Waals surface area contributed by atoms with Gasteiger partial charge in [-0.25, -0.2) is 0 Å². The zero-order chi connectivity index (χ0) is 69.0. The molecule has 4 heterocycles. The molecule has 4 aliphatic heterocycles. The number of nitrogens with zero attached hydrogens (tertiary/aromatic N) is 4. The van der Waals surface area contributed by atoms with Crippen LogP contribution in [0.15, 0.2) is 212 Å². The Morgan fingerprint density at radius 2 is 0.576 bits per heavy atom. The van der Waals surface area contributed by atoms with E-state index in [1.807, 2.05) is 0 Å². The van der Waals surface area contributed by atoms with E-state index >= 15 is 0 Å². The molecule has 14 rings (SSSR count). The highest BCUT2D eigenvalue weighted by Crippen LogP contribution is 2.49. The zero-order valence-corrected chi connectivity index (χ0v) is 62.0. The van der Waals surface area contributed by atoms with Crippen LogP contribution in [0.5, 0.6) is 0 Å². The summed E-state index contributed by atoms with van der Waals surface area (Å²) in [5.41, 5.74) is 32.9. The molecule has 0 amide bonds. The topological polar surface area (TPSA) is 13.0 Å². The van der Waals surface area contributed by atoms with E-state index in [0.29, 0.717) is 0 Å². The molecule has 4 nitrogen and oxygen atoms in total. The Bertz CT molecular complexity index is 4530. The van der Waals surface area contributed by atoms with Gasteiger partial charge in [0.15, 0.2) is 0 Å². The van der Waals surface area contributed by atoms with Gasteiger partial charge in [0.2, 0.25) is 0 Å². The van der Waals surface area contributed by atoms with Crippen LogP contribution in [0.4, 0.5) is 68.2 Å². The highest BCUT2D eigenvalue weighted by Gasteiger charge is 2.46. The van der Waals surface area contributed by atoms with Crippen molar-refractivity contribution in [2.24, 2.45) is 0 Å². The molecule has 0 radical (unpaired) electrons. The number of anilines is 12. The summed E-state index contributed by atoms with van der Waals surface area (Å²) >= 11 is 0. The smallest absolute Gasteiger partial charge is 0.252 e. The van der Waals surface area contributed by atoms with Crippen molar-refractivity contribution < 1.29 is 0 Å². The first kappa shape index (κ1) is 67.7. The number of unbranched alkanes of at least 4 members (excludes halogenated alkanes) is 10. The van der Waals surface area contributed by atoms with E-state index in [4.69, 9.17) is 0 Å². The number of rotatable bonds is 23. The Labute approximate surface area is 596 Å². The summed E-state index contributed by atoms with van der Waals surface area (Å²) < 4.78 is 0. The van der Waals surface area contributed by atoms with Crippen LogP contribution in [0.25, 0.3) is 0 Å². The molecule has 0 aliphatic carbocycles. The van der Waals surface area contributed by atoms with E-state index in [1.165, 1.54) is 217 Å². The van der Waals surface area contributed by atoms with E-state index in [2.05, 4.69) is 322 Å². The summed E-state index contributed by atoms with van der Waals surface area (Å²) in [6.45, 7) is 30.9. The zero-order valence-electron chi connectivity index (χ0n) is 62.0. The third-order valence-electron chi connectivity index (χ3n) is 22.9. The number of fused-ring (bicyclic) bond motifs is 8. The molecular formula is C93H106B2N4. The number of hydrogen-bond acceptors (Lipinski definition) is 4. The van der Waals surface area contributed by atoms with Gasteiger partial charge in [-0.3, -0.25) is 0 Å². The Morgan fingerprint density at radius 3 is 0.909 bits per heavy atom. The van der Waals surface area contributed by atoms with Gasteiger partial charge in [-0.1, -0.05) is 263 Å². The summed E-state index contributed by atoms with van der Waals surface area (Å²) in [5.74, 6) is 0. The van der Waals surface area contributed by atoms with Crippen molar-refractivity contribution in [3.63, 3.8) is 0 Å². The SMILES string of the molecule is CCCCCCCCc1cc2c3c(c1)N(c1ccc(C(C)(C)CCC(C)(C)c4ccc(N5c6cc(C)ccc6B6c7ccccc7N(c7ccc(C(C)(C)C)cc7)c7cc(CCCCCCCC)cc5c76)cc4)cc1)c1ccccc1B3c1ccccc1N2c1ccc(C(C)(C)C)cc1. The molecule has 10 aromatic carbocycles. The van der Waals surface area contributed by atoms with Crippen LogP contribution in [0.2, 0.25) is 0 Å². The van der Waals surface area contributed by atoms with Gasteiger partial charge in [0.05, 0.1) is 0 Å². The average Bonchev–Trinajstić information content (AvgIpc) is 0.706. The van der Waals surface area contributed by atoms with Crippen molar-refractivity contribution in [2.45, 2.75) is 214 Å². The summed E-state index contributed by atoms with van der Waals surface area (Å²) in [7, 11) is 0. The van der Waals surface area contributed by atoms with Crippen molar-refractivity contribution in [3.8, 4) is 0 Å². The predicted octanol–water partition coefficient (Wildman–Crippen LogP) is 22.6. The van der Waals surface area contributed by atoms with Crippen molar-refractivity contribution in [1.29, 1.82) is 0 Å². The third-order valence-corrected chi connectivity index (χ3v) is 22.9. The maximum atomic E-state index is 2.63. The van der Waals surface area contributed by atoms with Gasteiger partial charge >= 0.3 is 0 Å². The van der Waals surface area contributed by atoms with E-state index in [9.17, 15) is 0 Å². The molecule has 0 fully saturated rings. The Kier molecular flexibility index (Phi) is 18.9. The lowest BCUT2D eigenvalue weighted by Crippen LogP contribution is -2.61. The highest BCUT2D eigenvalue weighted by molar-refractivity contribution is 7.01. The maximum Gasteiger partial charge on any atom is 0.252 e. The number of aryl methyl sites for hydroxylation is 3. The fraction of sp³-hybridized carbons (Fsp3) is 0.355. The Balaban J connectivity index is 0.773. The molecule has 0 bridgehead atoms. The third kappa shape index (κ3) is 13.1. The molecular weight excluding hydrogens is 1190 g/mol. The summed E-state index contributed by atoms with van der Waals surface area (Å²) in [6.07, 6.45) is 19.6. The lowest BCUT2D eigenvalue weighted by atomic mass is 9.33. The molecule has 99 heavy (non-hydrogen) atoms. The second kappa shape index (κ2) is 27.6. The lowest BCUT2D eigenvalue weighted by molar-refractivity contribution is 0.375. The Morgan fingerprint density at radius 1 is 0.283 bits per heavy atom. The molecule has 4 aliphatic rings. The van der Waals surface area contributed by atoms with Crippen LogP contribution in [-0.2, 0) is 34.5 Å². The van der Waals surface area contributed by atoms with Crippen molar-refractivity contribution in [3.05, 3.63) is 251 Å². The van der Waals surface area contributed by atoms with Gasteiger partial charge in [0.25, 0.3) is 13.4 Å². The molecule has 0 spiro atoms. The minimum absolute atomic E-state index is 0.0624. The lowest BCUT2D eigenvalue weighted by Gasteiger charge is -2.44. The fourth-order valence-electron chi connectivity index (χ4n) is 16.9. The molecule has 6 heteroatoms. The van der Waals surface area contributed by atoms with Crippen LogP contribution in [-0.4, -0.2) is 13.4 Å². The normalized spacial score (nSPS) is 13.8. The van der Waals surface area contributed by atoms with Crippen molar-refractivity contribution in [1.82, 2.24) is 0 Å². The first-order valence-corrected chi connectivity index (χ1v) is 38.1. The minimum Gasteiger partial charge on any atom is -0.311 e. The summed E-state index contributed by atoms with van der Waals surface area (Å²) in [4.78, 5) is 10.4. The quantitative estimate of drug-likeness (QED) is 0.0467. The van der Waals surface area contributed by atoms with Gasteiger partial charge in [-0.15, -0.1) is 0 Å². The van der Waals surface area contributed by atoms with Gasteiger partial charge in [0.1, 0.15) is 0 Å². The van der Waals surface area contributed by atoms with Crippen LogP contribution in [0.1, 0.15) is 212 Å². The van der Waals surface area contributed by atoms with Gasteiger partial charge in [-0.05, 0) is 236 Å². The first-order valence-electron chi connectivity index (χ1n) is 38.1. The monoisotopic (exact) mass is 1300 g/mol. The fourth-order valence-corrected chi connectivity index (χ4v) is 16.9. The van der Waals surface area contributed by atoms with Gasteiger partial charge < -0.3 is 19.6 Å². The van der Waals surface area contributed by atoms with E-state index in [-0.39, 0.29) is 35.1 Å². The first-order chi connectivity index (χ1) is 47.7. The minimum atomic E-state index is -0.0744. The number of hydrogen-bond donors (Lipinski definition) is 0. The van der Waals surface area contributed by atoms with Gasteiger partial charge in [-0.2, -0.15) is 0 Å². The molecule has 0 N–H and O–H groups in total. The van der Waals surface area contributed by atoms with E-state index < -0.39 is 0 Å². The van der Waals surface area contributed by atoms with E-state index in [0.717, 1.165) is 25.7 Å². The molecule has 0 unspecified atom stereocenters. The summed E-state index contributed by atoms with van der Waals surface area (Å²) in [5, 5.41) is 0. The van der Waals surface area contributed by atoms with Crippen LogP contribution >= 0.6 is 0 Å². The van der Waals surface area contributed by atoms with Crippen LogP contribution in [0.3, 0.4) is 0 Å². The van der Waals surface area contributed by atoms with Crippen LogP contribution in [0, 0.1) is 6.92 Å². The Hall–Kier alpha value is -8.47. The standard InChI is InChI=1S/C93H106B2N4/c1-14-16-18-20-22-24-32-66-61-84-88-85(62-66)98(81-38-30-27-35-77(81)94(88)76-34-26-29-37-80(76)96(84)72-49-41-68(42-50-72)90(4,5)6)74-53-45-70(46-54-74)92(10,11)58-59-93(12,13)71-47-55-75(56-48-71)99-83-60-65(3)40-57-79(83)95-78-36-28-31-39-82(78)97(73-51-43-69(44-52-73)91(7,8)9)86-63-67(64-87(99)89(86)95)33-25-23-21-19-17-15-2/h26-31,34-57,60-64H,14-25,32-33,58-59H2,1-13H3. The summed E-state index contributed by atoms with van der Waals surface area (Å²) in [6, 6.07) is 83.6. The van der Waals surface area contributed by atoms with Crippen molar-refractivity contribution in [2.75, 3.05) is 19.6 Å². The van der Waals surface area contributed by atoms with E-state index in [1.54, 1.807) is 0 Å².